The minimum Gasteiger partial charge on any atom is -0.431 e. The van der Waals surface area contributed by atoms with Crippen molar-refractivity contribution in [3.63, 3.8) is 0 Å². The third-order valence-electron chi connectivity index (χ3n) is 4.29. The predicted molar refractivity (Wildman–Crippen MR) is 92.2 cm³/mol. The van der Waals surface area contributed by atoms with Crippen LogP contribution in [0.3, 0.4) is 0 Å². The van der Waals surface area contributed by atoms with Gasteiger partial charge in [0.1, 0.15) is 5.52 Å². The Morgan fingerprint density at radius 1 is 1.26 bits per heavy atom. The van der Waals surface area contributed by atoms with Crippen LogP contribution in [0.25, 0.3) is 11.1 Å². The van der Waals surface area contributed by atoms with E-state index in [1.54, 1.807) is 30.0 Å². The molecule has 0 spiro atoms. The van der Waals surface area contributed by atoms with E-state index in [0.29, 0.717) is 16.3 Å². The van der Waals surface area contributed by atoms with Crippen LogP contribution in [0.4, 0.5) is 0 Å². The quantitative estimate of drug-likeness (QED) is 0.765. The van der Waals surface area contributed by atoms with Gasteiger partial charge in [-0.2, -0.15) is 0 Å². The fraction of sp³-hybridized carbons (Fsp3) is 0.562. The second kappa shape index (κ2) is 6.83. The van der Waals surface area contributed by atoms with Gasteiger partial charge in [0.2, 0.25) is 10.0 Å². The molecule has 1 aliphatic carbocycles. The highest BCUT2D eigenvalue weighted by Gasteiger charge is 2.19. The predicted octanol–water partition coefficient (Wildman–Crippen LogP) is 3.75. The summed E-state index contributed by atoms with van der Waals surface area (Å²) in [4.78, 5) is 4.69. The molecule has 1 aromatic carbocycles. The van der Waals surface area contributed by atoms with E-state index >= 15 is 0 Å². The summed E-state index contributed by atoms with van der Waals surface area (Å²) in [7, 11) is -0.400. The Hall–Kier alpha value is -1.05. The lowest BCUT2D eigenvalue weighted by atomic mass is 9.91. The molecule has 0 aliphatic heterocycles. The molecule has 0 bridgehead atoms. The molecule has 126 valence electrons. The summed E-state index contributed by atoms with van der Waals surface area (Å²) in [5.74, 6) is 1.77. The number of thioether (sulfide) groups is 1. The van der Waals surface area contributed by atoms with Crippen LogP contribution in [0.1, 0.15) is 32.1 Å². The molecule has 1 heterocycles. The van der Waals surface area contributed by atoms with E-state index in [-0.39, 0.29) is 4.90 Å². The van der Waals surface area contributed by atoms with Gasteiger partial charge < -0.3 is 4.42 Å². The van der Waals surface area contributed by atoms with Crippen LogP contribution in [0, 0.1) is 5.92 Å². The summed E-state index contributed by atoms with van der Waals surface area (Å²) in [6.45, 7) is 0. The van der Waals surface area contributed by atoms with Gasteiger partial charge in [-0.3, -0.25) is 0 Å². The smallest absolute Gasteiger partial charge is 0.256 e. The highest BCUT2D eigenvalue weighted by Crippen LogP contribution is 2.31. The summed E-state index contributed by atoms with van der Waals surface area (Å²) in [6, 6.07) is 4.83. The lowest BCUT2D eigenvalue weighted by molar-refractivity contribution is 0.389. The van der Waals surface area contributed by atoms with E-state index in [9.17, 15) is 8.42 Å². The molecule has 3 rings (SSSR count). The molecule has 7 heteroatoms. The Balaban J connectivity index is 1.76. The average Bonchev–Trinajstić information content (AvgIpc) is 2.95. The first-order chi connectivity index (χ1) is 11.0. The van der Waals surface area contributed by atoms with Gasteiger partial charge in [0.15, 0.2) is 5.58 Å². The SMILES string of the molecule is CN(C)S(=O)(=O)c1ccc2oc(SCC3CCCCC3)nc2c1. The molecular weight excluding hydrogens is 332 g/mol. The zero-order valence-corrected chi connectivity index (χ0v) is 15.1. The van der Waals surface area contributed by atoms with Crippen molar-refractivity contribution in [2.24, 2.45) is 5.92 Å². The number of sulfonamides is 1. The van der Waals surface area contributed by atoms with Crippen LogP contribution >= 0.6 is 11.8 Å². The summed E-state index contributed by atoms with van der Waals surface area (Å²) < 4.78 is 31.3. The Bertz CT molecular complexity index is 778. The fourth-order valence-electron chi connectivity index (χ4n) is 2.86. The monoisotopic (exact) mass is 354 g/mol. The normalized spacial score (nSPS) is 17.2. The molecule has 2 aromatic rings. The molecule has 1 aliphatic rings. The Kier molecular flexibility index (Phi) is 4.98. The number of hydrogen-bond donors (Lipinski definition) is 0. The highest BCUT2D eigenvalue weighted by molar-refractivity contribution is 7.99. The van der Waals surface area contributed by atoms with Gasteiger partial charge in [-0.1, -0.05) is 31.0 Å². The van der Waals surface area contributed by atoms with Gasteiger partial charge in [-0.15, -0.1) is 0 Å². The van der Waals surface area contributed by atoms with E-state index in [1.165, 1.54) is 50.5 Å². The molecule has 0 atom stereocenters. The molecule has 23 heavy (non-hydrogen) atoms. The van der Waals surface area contributed by atoms with Crippen LogP contribution in [-0.2, 0) is 10.0 Å². The van der Waals surface area contributed by atoms with Crippen molar-refractivity contribution in [3.8, 4) is 0 Å². The second-order valence-corrected chi connectivity index (χ2v) is 9.33. The van der Waals surface area contributed by atoms with Crippen molar-refractivity contribution < 1.29 is 12.8 Å². The molecule has 0 saturated heterocycles. The number of oxazole rings is 1. The van der Waals surface area contributed by atoms with E-state index in [1.807, 2.05) is 0 Å². The number of rotatable bonds is 5. The molecule has 0 amide bonds. The Morgan fingerprint density at radius 3 is 2.70 bits per heavy atom. The zero-order valence-electron chi connectivity index (χ0n) is 13.5. The van der Waals surface area contributed by atoms with Gasteiger partial charge in [0.25, 0.3) is 5.22 Å². The molecule has 1 fully saturated rings. The average molecular weight is 354 g/mol. The summed E-state index contributed by atoms with van der Waals surface area (Å²) in [5, 5.41) is 0.630. The first kappa shape index (κ1) is 16.8. The van der Waals surface area contributed by atoms with Crippen LogP contribution in [0.15, 0.2) is 32.7 Å². The molecule has 0 radical (unpaired) electrons. The van der Waals surface area contributed by atoms with Gasteiger partial charge in [-0.25, -0.2) is 17.7 Å². The van der Waals surface area contributed by atoms with Crippen molar-refractivity contribution in [1.29, 1.82) is 0 Å². The van der Waals surface area contributed by atoms with Crippen LogP contribution in [0.5, 0.6) is 0 Å². The Labute approximate surface area is 141 Å². The third kappa shape index (κ3) is 3.72. The largest absolute Gasteiger partial charge is 0.431 e. The van der Waals surface area contributed by atoms with Crippen LogP contribution in [0.2, 0.25) is 0 Å². The molecule has 1 aromatic heterocycles. The molecule has 0 N–H and O–H groups in total. The van der Waals surface area contributed by atoms with E-state index in [0.717, 1.165) is 11.7 Å². The van der Waals surface area contributed by atoms with E-state index in [2.05, 4.69) is 4.98 Å². The van der Waals surface area contributed by atoms with Crippen molar-refractivity contribution in [3.05, 3.63) is 18.2 Å². The number of fused-ring (bicyclic) bond motifs is 1. The molecule has 1 saturated carbocycles. The van der Waals surface area contributed by atoms with Crippen molar-refractivity contribution >= 4 is 32.9 Å². The minimum absolute atomic E-state index is 0.243. The summed E-state index contributed by atoms with van der Waals surface area (Å²) >= 11 is 1.63. The lowest BCUT2D eigenvalue weighted by Crippen LogP contribution is -2.22. The maximum absolute atomic E-state index is 12.2. The van der Waals surface area contributed by atoms with Crippen molar-refractivity contribution in [2.45, 2.75) is 42.2 Å². The van der Waals surface area contributed by atoms with Crippen LogP contribution in [-0.4, -0.2) is 37.6 Å². The zero-order chi connectivity index (χ0) is 16.4. The topological polar surface area (TPSA) is 63.4 Å². The van der Waals surface area contributed by atoms with Gasteiger partial charge in [0, 0.05) is 19.8 Å². The molecule has 0 unspecified atom stereocenters. The first-order valence-electron chi connectivity index (χ1n) is 7.93. The molecule has 5 nitrogen and oxygen atoms in total. The molecular formula is C16H22N2O3S2. The third-order valence-corrected chi connectivity index (χ3v) is 7.16. The second-order valence-electron chi connectivity index (χ2n) is 6.21. The number of hydrogen-bond acceptors (Lipinski definition) is 5. The minimum atomic E-state index is -3.44. The number of nitrogens with zero attached hydrogens (tertiary/aromatic N) is 2. The number of aromatic nitrogens is 1. The van der Waals surface area contributed by atoms with Gasteiger partial charge >= 0.3 is 0 Å². The fourth-order valence-corrected chi connectivity index (χ4v) is 4.81. The summed E-state index contributed by atoms with van der Waals surface area (Å²) in [5.41, 5.74) is 1.23. The Morgan fingerprint density at radius 2 is 2.00 bits per heavy atom. The van der Waals surface area contributed by atoms with E-state index < -0.39 is 10.0 Å². The van der Waals surface area contributed by atoms with Crippen molar-refractivity contribution in [1.82, 2.24) is 9.29 Å². The van der Waals surface area contributed by atoms with Crippen molar-refractivity contribution in [2.75, 3.05) is 19.8 Å². The first-order valence-corrected chi connectivity index (χ1v) is 10.4. The van der Waals surface area contributed by atoms with Gasteiger partial charge in [-0.05, 0) is 37.0 Å². The maximum Gasteiger partial charge on any atom is 0.256 e. The van der Waals surface area contributed by atoms with E-state index in [4.69, 9.17) is 4.42 Å². The standard InChI is InChI=1S/C16H22N2O3S2/c1-18(2)23(19,20)13-8-9-15-14(10-13)17-16(21-15)22-11-12-6-4-3-5-7-12/h8-10,12H,3-7,11H2,1-2H3. The maximum atomic E-state index is 12.2. The van der Waals surface area contributed by atoms with Crippen LogP contribution < -0.4 is 0 Å². The number of benzene rings is 1. The highest BCUT2D eigenvalue weighted by atomic mass is 32.2. The summed E-state index contributed by atoms with van der Waals surface area (Å²) in [6.07, 6.45) is 6.58. The lowest BCUT2D eigenvalue weighted by Gasteiger charge is -2.19. The van der Waals surface area contributed by atoms with Gasteiger partial charge in [0.05, 0.1) is 4.90 Å².